The first-order valence-electron chi connectivity index (χ1n) is 3.65. The average molecular weight is 143 g/mol. The monoisotopic (exact) mass is 143 g/mol. The summed E-state index contributed by atoms with van der Waals surface area (Å²) in [5.74, 6) is 0. The van der Waals surface area contributed by atoms with E-state index >= 15 is 0 Å². The van der Waals surface area contributed by atoms with E-state index in [2.05, 4.69) is 0 Å². The standard InChI is InChI=1S/C11H11/c1-3-7-11-9-6-5-8-10(11)4-2/h2-9H,1H3/b4-2?,7-3-. The summed E-state index contributed by atoms with van der Waals surface area (Å²) in [7, 11) is 0. The molecular weight excluding hydrogens is 132 g/mol. The molecule has 0 amide bonds. The van der Waals surface area contributed by atoms with Gasteiger partial charge >= 0.3 is 0 Å². The Hall–Kier alpha value is -1.30. The second kappa shape index (κ2) is 3.77. The smallest absolute Gasteiger partial charge is 0.0184 e. The van der Waals surface area contributed by atoms with Crippen LogP contribution in [0, 0.1) is 6.58 Å². The zero-order valence-corrected chi connectivity index (χ0v) is 6.62. The third-order valence-electron chi connectivity index (χ3n) is 1.52. The molecule has 0 atom stereocenters. The van der Waals surface area contributed by atoms with Gasteiger partial charge in [-0.2, -0.15) is 0 Å². The van der Waals surface area contributed by atoms with Crippen molar-refractivity contribution >= 4 is 12.2 Å². The lowest BCUT2D eigenvalue weighted by atomic mass is 10.1. The molecule has 11 heavy (non-hydrogen) atoms. The molecule has 0 heteroatoms. The zero-order chi connectivity index (χ0) is 8.10. The predicted octanol–water partition coefficient (Wildman–Crippen LogP) is 3.17. The SMILES string of the molecule is [CH]=Cc1ccccc1/C=C\C. The highest BCUT2D eigenvalue weighted by atomic mass is 13.9. The van der Waals surface area contributed by atoms with E-state index in [1.54, 1.807) is 6.08 Å². The molecule has 1 rings (SSSR count). The molecule has 55 valence electrons. The molecule has 0 saturated carbocycles. The lowest BCUT2D eigenvalue weighted by Crippen LogP contribution is -1.77. The fraction of sp³-hybridized carbons (Fsp3) is 0.0909. The molecule has 0 aliphatic heterocycles. The van der Waals surface area contributed by atoms with Crippen LogP contribution in [0.4, 0.5) is 0 Å². The summed E-state index contributed by atoms with van der Waals surface area (Å²) < 4.78 is 0. The molecule has 0 spiro atoms. The molecule has 1 aromatic rings. The van der Waals surface area contributed by atoms with Crippen LogP contribution in [0.2, 0.25) is 0 Å². The molecule has 0 nitrogen and oxygen atoms in total. The van der Waals surface area contributed by atoms with Crippen molar-refractivity contribution in [1.29, 1.82) is 0 Å². The van der Waals surface area contributed by atoms with Crippen molar-refractivity contribution in [3.8, 4) is 0 Å². The summed E-state index contributed by atoms with van der Waals surface area (Å²) in [5, 5.41) is 0. The number of rotatable bonds is 2. The maximum atomic E-state index is 5.42. The average Bonchev–Trinajstić information content (AvgIpc) is 2.06. The van der Waals surface area contributed by atoms with Gasteiger partial charge in [0, 0.05) is 0 Å². The molecule has 0 aliphatic rings. The van der Waals surface area contributed by atoms with Crippen LogP contribution in [-0.4, -0.2) is 0 Å². The van der Waals surface area contributed by atoms with Gasteiger partial charge in [-0.25, -0.2) is 0 Å². The Bertz CT molecular complexity index is 269. The molecule has 0 fully saturated rings. The molecule has 0 saturated heterocycles. The number of allylic oxidation sites excluding steroid dienone is 1. The van der Waals surface area contributed by atoms with Crippen molar-refractivity contribution in [3.05, 3.63) is 48.0 Å². The van der Waals surface area contributed by atoms with Crippen LogP contribution in [0.3, 0.4) is 0 Å². The first kappa shape index (κ1) is 7.80. The van der Waals surface area contributed by atoms with Crippen molar-refractivity contribution in [2.75, 3.05) is 0 Å². The summed E-state index contributed by atoms with van der Waals surface area (Å²) in [4.78, 5) is 0. The van der Waals surface area contributed by atoms with Gasteiger partial charge in [-0.15, -0.1) is 0 Å². The van der Waals surface area contributed by atoms with E-state index < -0.39 is 0 Å². The Morgan fingerprint density at radius 2 is 1.82 bits per heavy atom. The molecule has 0 N–H and O–H groups in total. The number of benzene rings is 1. The number of hydrogen-bond acceptors (Lipinski definition) is 0. The normalized spacial score (nSPS) is 10.3. The van der Waals surface area contributed by atoms with E-state index in [-0.39, 0.29) is 0 Å². The largest absolute Gasteiger partial charge is 0.0870 e. The zero-order valence-electron chi connectivity index (χ0n) is 6.62. The maximum absolute atomic E-state index is 5.42. The van der Waals surface area contributed by atoms with Crippen LogP contribution in [0.1, 0.15) is 18.1 Å². The van der Waals surface area contributed by atoms with Crippen LogP contribution >= 0.6 is 0 Å². The Labute approximate surface area is 67.9 Å². The summed E-state index contributed by atoms with van der Waals surface area (Å²) in [6, 6.07) is 8.02. The minimum Gasteiger partial charge on any atom is -0.0870 e. The van der Waals surface area contributed by atoms with Crippen LogP contribution in [0.5, 0.6) is 0 Å². The summed E-state index contributed by atoms with van der Waals surface area (Å²) in [6.45, 7) is 7.42. The highest BCUT2D eigenvalue weighted by molar-refractivity contribution is 5.63. The highest BCUT2D eigenvalue weighted by Gasteiger charge is 1.90. The first-order valence-corrected chi connectivity index (χ1v) is 3.65. The summed E-state index contributed by atoms with van der Waals surface area (Å²) in [6.07, 6.45) is 5.66. The molecule has 0 heterocycles. The van der Waals surface area contributed by atoms with Crippen molar-refractivity contribution in [2.24, 2.45) is 0 Å². The minimum absolute atomic E-state index is 1.07. The quantitative estimate of drug-likeness (QED) is 0.596. The lowest BCUT2D eigenvalue weighted by Gasteiger charge is -1.97. The van der Waals surface area contributed by atoms with Crippen molar-refractivity contribution < 1.29 is 0 Å². The fourth-order valence-corrected chi connectivity index (χ4v) is 0.994. The van der Waals surface area contributed by atoms with Crippen molar-refractivity contribution in [1.82, 2.24) is 0 Å². The van der Waals surface area contributed by atoms with Gasteiger partial charge in [-0.3, -0.25) is 0 Å². The van der Waals surface area contributed by atoms with Crippen LogP contribution in [0.25, 0.3) is 12.2 Å². The maximum Gasteiger partial charge on any atom is -0.0184 e. The molecule has 0 unspecified atom stereocenters. The predicted molar refractivity (Wildman–Crippen MR) is 49.9 cm³/mol. The lowest BCUT2D eigenvalue weighted by molar-refractivity contribution is 1.60. The Kier molecular flexibility index (Phi) is 2.67. The van der Waals surface area contributed by atoms with Gasteiger partial charge in [0.1, 0.15) is 0 Å². The van der Waals surface area contributed by atoms with Crippen LogP contribution in [0.15, 0.2) is 30.3 Å². The number of hydrogen-bond donors (Lipinski definition) is 0. The van der Waals surface area contributed by atoms with E-state index in [1.165, 1.54) is 0 Å². The van der Waals surface area contributed by atoms with Gasteiger partial charge in [0.05, 0.1) is 0 Å². The Morgan fingerprint density at radius 1 is 1.18 bits per heavy atom. The summed E-state index contributed by atoms with van der Waals surface area (Å²) >= 11 is 0. The molecular formula is C11H11. The van der Waals surface area contributed by atoms with Gasteiger partial charge in [0.2, 0.25) is 0 Å². The van der Waals surface area contributed by atoms with E-state index in [9.17, 15) is 0 Å². The Morgan fingerprint density at radius 3 is 2.36 bits per heavy atom. The van der Waals surface area contributed by atoms with Crippen LogP contribution < -0.4 is 0 Å². The van der Waals surface area contributed by atoms with Crippen molar-refractivity contribution in [3.63, 3.8) is 0 Å². The van der Waals surface area contributed by atoms with Gasteiger partial charge in [0.15, 0.2) is 0 Å². The minimum atomic E-state index is 1.07. The van der Waals surface area contributed by atoms with E-state index in [4.69, 9.17) is 6.58 Å². The van der Waals surface area contributed by atoms with Gasteiger partial charge < -0.3 is 0 Å². The summed E-state index contributed by atoms with van der Waals surface area (Å²) in [5.41, 5.74) is 2.24. The third-order valence-corrected chi connectivity index (χ3v) is 1.52. The highest BCUT2D eigenvalue weighted by Crippen LogP contribution is 2.10. The molecule has 0 bridgehead atoms. The van der Waals surface area contributed by atoms with Crippen LogP contribution in [-0.2, 0) is 0 Å². The van der Waals surface area contributed by atoms with Gasteiger partial charge in [-0.1, -0.05) is 49.1 Å². The van der Waals surface area contributed by atoms with Crippen molar-refractivity contribution in [2.45, 2.75) is 6.92 Å². The second-order valence-corrected chi connectivity index (χ2v) is 2.30. The molecule has 0 aromatic heterocycles. The van der Waals surface area contributed by atoms with E-state index in [0.717, 1.165) is 11.1 Å². The third kappa shape index (κ3) is 1.81. The second-order valence-electron chi connectivity index (χ2n) is 2.30. The molecule has 1 aromatic carbocycles. The van der Waals surface area contributed by atoms with E-state index in [0.29, 0.717) is 0 Å². The fourth-order valence-electron chi connectivity index (χ4n) is 0.994. The first-order chi connectivity index (χ1) is 5.38. The topological polar surface area (TPSA) is 0 Å². The Balaban J connectivity index is 3.11. The molecule has 0 aliphatic carbocycles. The molecule has 1 radical (unpaired) electrons. The van der Waals surface area contributed by atoms with Gasteiger partial charge in [-0.05, 0) is 18.1 Å². The van der Waals surface area contributed by atoms with E-state index in [1.807, 2.05) is 43.3 Å². The van der Waals surface area contributed by atoms with Gasteiger partial charge in [0.25, 0.3) is 0 Å².